The lowest BCUT2D eigenvalue weighted by Gasteiger charge is -2.29. The van der Waals surface area contributed by atoms with Crippen LogP contribution in [0.1, 0.15) is 29.8 Å². The second kappa shape index (κ2) is 11.6. The summed E-state index contributed by atoms with van der Waals surface area (Å²) in [5.41, 5.74) is 0.204. The van der Waals surface area contributed by atoms with Crippen LogP contribution < -0.4 is 10.6 Å². The third-order valence-corrected chi connectivity index (χ3v) is 6.22. The highest BCUT2D eigenvalue weighted by Gasteiger charge is 2.38. The van der Waals surface area contributed by atoms with Crippen molar-refractivity contribution in [3.05, 3.63) is 42.2 Å². The standard InChI is InChI=1S/C23H26N4O6S/c1-34-13-17(26-22(32)20-16-6-3-2-5-14(16)8-9-24-20)23(33)27-10-4-7-18(27)21(31)25-15(12-28)11-19(29)30/h2-3,5-6,8-9,12,15,17-18H,4,7,10-11,13H2,1H3,(H,25,31)(H,26,32)(H,29,30)/t15?,17-,18-/m0/s1. The van der Waals surface area contributed by atoms with Gasteiger partial charge in [0.2, 0.25) is 11.8 Å². The molecule has 180 valence electrons. The van der Waals surface area contributed by atoms with Crippen LogP contribution >= 0.6 is 11.8 Å². The molecule has 1 aliphatic heterocycles. The number of hydrogen-bond donors (Lipinski definition) is 3. The minimum Gasteiger partial charge on any atom is -0.481 e. The van der Waals surface area contributed by atoms with Gasteiger partial charge in [0.1, 0.15) is 24.1 Å². The molecule has 34 heavy (non-hydrogen) atoms. The third-order valence-electron chi connectivity index (χ3n) is 5.55. The summed E-state index contributed by atoms with van der Waals surface area (Å²) in [7, 11) is 0. The van der Waals surface area contributed by atoms with E-state index in [9.17, 15) is 24.0 Å². The van der Waals surface area contributed by atoms with Gasteiger partial charge < -0.3 is 25.4 Å². The number of amides is 3. The lowest BCUT2D eigenvalue weighted by Crippen LogP contribution is -2.55. The summed E-state index contributed by atoms with van der Waals surface area (Å²) >= 11 is 1.37. The Morgan fingerprint density at radius 3 is 2.71 bits per heavy atom. The first-order valence-electron chi connectivity index (χ1n) is 10.8. The number of aliphatic carboxylic acids is 1. The number of carbonyl (C=O) groups excluding carboxylic acids is 4. The fourth-order valence-corrected chi connectivity index (χ4v) is 4.53. The number of fused-ring (bicyclic) bond motifs is 1. The average Bonchev–Trinajstić information content (AvgIpc) is 3.32. The summed E-state index contributed by atoms with van der Waals surface area (Å²) in [5.74, 6) is -2.43. The van der Waals surface area contributed by atoms with Crippen LogP contribution in [0.25, 0.3) is 10.8 Å². The van der Waals surface area contributed by atoms with Crippen molar-refractivity contribution in [1.29, 1.82) is 0 Å². The Labute approximate surface area is 200 Å². The number of nitrogens with zero attached hydrogens (tertiary/aromatic N) is 2. The second-order valence-corrected chi connectivity index (χ2v) is 8.81. The van der Waals surface area contributed by atoms with E-state index < -0.39 is 48.2 Å². The molecule has 1 saturated heterocycles. The van der Waals surface area contributed by atoms with Crippen LogP contribution in [0.4, 0.5) is 0 Å². The van der Waals surface area contributed by atoms with Crippen LogP contribution in [0.15, 0.2) is 36.5 Å². The average molecular weight is 487 g/mol. The molecule has 3 rings (SSSR count). The normalized spacial score (nSPS) is 17.1. The highest BCUT2D eigenvalue weighted by Crippen LogP contribution is 2.21. The molecule has 1 fully saturated rings. The van der Waals surface area contributed by atoms with E-state index in [1.54, 1.807) is 24.5 Å². The number of pyridine rings is 1. The highest BCUT2D eigenvalue weighted by molar-refractivity contribution is 7.98. The molecule has 0 bridgehead atoms. The maximum atomic E-state index is 13.3. The van der Waals surface area contributed by atoms with E-state index in [1.807, 2.05) is 12.1 Å². The largest absolute Gasteiger partial charge is 0.481 e. The molecule has 0 aliphatic carbocycles. The SMILES string of the molecule is CSC[C@H](NC(=O)c1nccc2ccccc12)C(=O)N1CCC[C@H]1C(=O)NC(C=O)CC(=O)O. The van der Waals surface area contributed by atoms with Crippen molar-refractivity contribution in [1.82, 2.24) is 20.5 Å². The molecular weight excluding hydrogens is 460 g/mol. The summed E-state index contributed by atoms with van der Waals surface area (Å²) in [4.78, 5) is 66.7. The van der Waals surface area contributed by atoms with Crippen molar-refractivity contribution in [3.8, 4) is 0 Å². The van der Waals surface area contributed by atoms with E-state index in [2.05, 4.69) is 15.6 Å². The lowest BCUT2D eigenvalue weighted by atomic mass is 10.1. The van der Waals surface area contributed by atoms with Crippen molar-refractivity contribution < 1.29 is 29.1 Å². The van der Waals surface area contributed by atoms with E-state index in [1.165, 1.54) is 22.9 Å². The van der Waals surface area contributed by atoms with Crippen molar-refractivity contribution in [2.24, 2.45) is 0 Å². The van der Waals surface area contributed by atoms with Gasteiger partial charge in [0.05, 0.1) is 12.5 Å². The van der Waals surface area contributed by atoms with Gasteiger partial charge in [-0.1, -0.05) is 24.3 Å². The van der Waals surface area contributed by atoms with Crippen LogP contribution in [0.2, 0.25) is 0 Å². The summed E-state index contributed by atoms with van der Waals surface area (Å²) in [5, 5.41) is 15.6. The first-order valence-corrected chi connectivity index (χ1v) is 12.2. The van der Waals surface area contributed by atoms with Gasteiger partial charge in [0.25, 0.3) is 5.91 Å². The number of benzene rings is 1. The van der Waals surface area contributed by atoms with Crippen LogP contribution in [-0.4, -0.2) is 81.6 Å². The quantitative estimate of drug-likeness (QED) is 0.419. The maximum absolute atomic E-state index is 13.3. The second-order valence-electron chi connectivity index (χ2n) is 7.90. The van der Waals surface area contributed by atoms with E-state index in [0.29, 0.717) is 31.1 Å². The topological polar surface area (TPSA) is 146 Å². The molecule has 0 saturated carbocycles. The van der Waals surface area contributed by atoms with Gasteiger partial charge in [-0.2, -0.15) is 11.8 Å². The maximum Gasteiger partial charge on any atom is 0.305 e. The number of likely N-dealkylation sites (tertiary alicyclic amines) is 1. The van der Waals surface area contributed by atoms with Crippen LogP contribution in [0.3, 0.4) is 0 Å². The van der Waals surface area contributed by atoms with E-state index in [-0.39, 0.29) is 11.4 Å². The number of aldehydes is 1. The minimum absolute atomic E-state index is 0.204. The molecule has 10 nitrogen and oxygen atoms in total. The van der Waals surface area contributed by atoms with Gasteiger partial charge in [-0.15, -0.1) is 0 Å². The van der Waals surface area contributed by atoms with Crippen LogP contribution in [0.5, 0.6) is 0 Å². The van der Waals surface area contributed by atoms with Gasteiger partial charge in [0, 0.05) is 23.9 Å². The summed E-state index contributed by atoms with van der Waals surface area (Å²) < 4.78 is 0. The monoisotopic (exact) mass is 486 g/mol. The number of hydrogen-bond acceptors (Lipinski definition) is 7. The molecule has 3 atom stereocenters. The lowest BCUT2D eigenvalue weighted by molar-refractivity contribution is -0.141. The van der Waals surface area contributed by atoms with Gasteiger partial charge in [-0.05, 0) is 30.6 Å². The molecule has 1 unspecified atom stereocenters. The van der Waals surface area contributed by atoms with Gasteiger partial charge in [0.15, 0.2) is 0 Å². The summed E-state index contributed by atoms with van der Waals surface area (Å²) in [6.45, 7) is 0.314. The molecule has 3 amide bonds. The smallest absolute Gasteiger partial charge is 0.305 e. The van der Waals surface area contributed by atoms with Gasteiger partial charge in [-0.25, -0.2) is 0 Å². The Morgan fingerprint density at radius 2 is 2.00 bits per heavy atom. The van der Waals surface area contributed by atoms with Gasteiger partial charge in [-0.3, -0.25) is 24.2 Å². The Bertz CT molecular complexity index is 1090. The van der Waals surface area contributed by atoms with E-state index in [4.69, 9.17) is 5.11 Å². The van der Waals surface area contributed by atoms with Crippen molar-refractivity contribution >= 4 is 52.5 Å². The number of carboxylic acid groups (broad SMARTS) is 1. The highest BCUT2D eigenvalue weighted by atomic mass is 32.2. The Hall–Kier alpha value is -3.47. The Balaban J connectivity index is 1.75. The Morgan fingerprint density at radius 1 is 1.24 bits per heavy atom. The number of thioether (sulfide) groups is 1. The van der Waals surface area contributed by atoms with Crippen molar-refractivity contribution in [2.75, 3.05) is 18.6 Å². The zero-order chi connectivity index (χ0) is 24.7. The first-order chi connectivity index (χ1) is 16.3. The predicted molar refractivity (Wildman–Crippen MR) is 126 cm³/mol. The molecule has 11 heteroatoms. The molecule has 0 radical (unpaired) electrons. The molecular formula is C23H26N4O6S. The van der Waals surface area contributed by atoms with Crippen molar-refractivity contribution in [2.45, 2.75) is 37.4 Å². The van der Waals surface area contributed by atoms with Crippen LogP contribution in [-0.2, 0) is 19.2 Å². The fourth-order valence-electron chi connectivity index (χ4n) is 3.97. The molecule has 1 aromatic heterocycles. The number of rotatable bonds is 10. The molecule has 1 aliphatic rings. The molecule has 2 aromatic rings. The number of aromatic nitrogens is 1. The number of nitrogens with one attached hydrogen (secondary N) is 2. The zero-order valence-corrected chi connectivity index (χ0v) is 19.4. The fraction of sp³-hybridized carbons (Fsp3) is 0.391. The number of carbonyl (C=O) groups is 5. The van der Waals surface area contributed by atoms with Crippen LogP contribution in [0, 0.1) is 0 Å². The molecule has 3 N–H and O–H groups in total. The first kappa shape index (κ1) is 25.2. The summed E-state index contributed by atoms with van der Waals surface area (Å²) in [6, 6.07) is 6.18. The van der Waals surface area contributed by atoms with Crippen molar-refractivity contribution in [3.63, 3.8) is 0 Å². The molecule has 0 spiro atoms. The molecule has 2 heterocycles. The zero-order valence-electron chi connectivity index (χ0n) is 18.6. The third kappa shape index (κ3) is 5.90. The molecule has 1 aromatic carbocycles. The number of carboxylic acids is 1. The Kier molecular flexibility index (Phi) is 8.58. The minimum atomic E-state index is -1.22. The predicted octanol–water partition coefficient (Wildman–Crippen LogP) is 0.846. The van der Waals surface area contributed by atoms with E-state index >= 15 is 0 Å². The summed E-state index contributed by atoms with van der Waals surface area (Å²) in [6.07, 6.45) is 4.10. The van der Waals surface area contributed by atoms with E-state index in [0.717, 1.165) is 5.39 Å². The van der Waals surface area contributed by atoms with Gasteiger partial charge >= 0.3 is 5.97 Å².